The minimum atomic E-state index is -3.12. The summed E-state index contributed by atoms with van der Waals surface area (Å²) in [5.74, 6) is -0.143. The fraction of sp³-hybridized carbons (Fsp3) is 0.467. The van der Waals surface area contributed by atoms with Gasteiger partial charge in [0.15, 0.2) is 9.84 Å². The lowest BCUT2D eigenvalue weighted by molar-refractivity contribution is 0.0694. The Labute approximate surface area is 135 Å². The Morgan fingerprint density at radius 2 is 2.09 bits per heavy atom. The molecule has 8 heteroatoms. The predicted octanol–water partition coefficient (Wildman–Crippen LogP) is 1.06. The summed E-state index contributed by atoms with van der Waals surface area (Å²) in [6.45, 7) is 3.68. The number of hydrogen-bond acceptors (Lipinski definition) is 4. The van der Waals surface area contributed by atoms with Gasteiger partial charge in [0, 0.05) is 49.4 Å². The summed E-state index contributed by atoms with van der Waals surface area (Å²) >= 11 is 0. The lowest BCUT2D eigenvalue weighted by Crippen LogP contribution is -2.54. The molecular weight excluding hydrogens is 316 g/mol. The van der Waals surface area contributed by atoms with Crippen molar-refractivity contribution in [1.82, 2.24) is 19.7 Å². The topological polar surface area (TPSA) is 88.1 Å². The van der Waals surface area contributed by atoms with E-state index in [1.54, 1.807) is 42.0 Å². The zero-order valence-corrected chi connectivity index (χ0v) is 14.2. The maximum Gasteiger partial charge on any atom is 0.256 e. The maximum absolute atomic E-state index is 12.9. The molecule has 2 unspecified atom stereocenters. The highest BCUT2D eigenvalue weighted by molar-refractivity contribution is 7.92. The van der Waals surface area contributed by atoms with Crippen molar-refractivity contribution in [2.75, 3.05) is 12.3 Å². The van der Waals surface area contributed by atoms with Gasteiger partial charge in [-0.1, -0.05) is 0 Å². The van der Waals surface area contributed by atoms with Gasteiger partial charge in [-0.15, -0.1) is 0 Å². The number of hydrogen-bond donors (Lipinski definition) is 1. The molecule has 1 saturated heterocycles. The van der Waals surface area contributed by atoms with Crippen LogP contribution in [0.25, 0.3) is 11.1 Å². The molecule has 0 bridgehead atoms. The van der Waals surface area contributed by atoms with E-state index in [1.807, 2.05) is 13.2 Å². The van der Waals surface area contributed by atoms with Crippen LogP contribution >= 0.6 is 0 Å². The largest absolute Gasteiger partial charge is 0.366 e. The molecule has 0 spiro atoms. The van der Waals surface area contributed by atoms with Gasteiger partial charge in [-0.05, 0) is 13.8 Å². The number of H-pyrrole nitrogens is 1. The van der Waals surface area contributed by atoms with Crippen LogP contribution < -0.4 is 0 Å². The highest BCUT2D eigenvalue weighted by atomic mass is 32.2. The molecule has 3 rings (SSSR count). The first kappa shape index (κ1) is 15.8. The van der Waals surface area contributed by atoms with Crippen LogP contribution in [0.3, 0.4) is 0 Å². The molecule has 0 aliphatic carbocycles. The molecule has 0 aromatic carbocycles. The molecule has 1 aliphatic rings. The Morgan fingerprint density at radius 3 is 2.74 bits per heavy atom. The standard InChI is InChI=1S/C15H20N4O3S/c1-10-11(2)23(21,22)5-4-19(10)15(20)14-8-16-7-13(14)12-6-17-18(3)9-12/h6-11,16H,4-5H2,1-3H3. The third-order valence-electron chi connectivity index (χ3n) is 4.61. The lowest BCUT2D eigenvalue weighted by Gasteiger charge is -2.37. The molecule has 0 radical (unpaired) electrons. The average Bonchev–Trinajstić information content (AvgIpc) is 3.12. The number of carbonyl (C=O) groups is 1. The number of nitrogens with one attached hydrogen (secondary N) is 1. The average molecular weight is 336 g/mol. The zero-order chi connectivity index (χ0) is 16.8. The van der Waals surface area contributed by atoms with E-state index in [2.05, 4.69) is 10.1 Å². The second-order valence-electron chi connectivity index (χ2n) is 6.00. The monoisotopic (exact) mass is 336 g/mol. The van der Waals surface area contributed by atoms with Crippen LogP contribution in [0, 0.1) is 0 Å². The Hall–Kier alpha value is -2.09. The zero-order valence-electron chi connectivity index (χ0n) is 13.4. The van der Waals surface area contributed by atoms with Crippen molar-refractivity contribution < 1.29 is 13.2 Å². The molecule has 2 atom stereocenters. The summed E-state index contributed by atoms with van der Waals surface area (Å²) in [7, 11) is -1.30. The van der Waals surface area contributed by atoms with E-state index in [1.165, 1.54) is 0 Å². The van der Waals surface area contributed by atoms with E-state index >= 15 is 0 Å². The SMILES string of the molecule is CC1C(C)S(=O)(=O)CCN1C(=O)c1c[nH]cc1-c1cnn(C)c1. The van der Waals surface area contributed by atoms with Crippen LogP contribution in [0.5, 0.6) is 0 Å². The van der Waals surface area contributed by atoms with Gasteiger partial charge in [0.1, 0.15) is 0 Å². The highest BCUT2D eigenvalue weighted by Crippen LogP contribution is 2.27. The molecule has 1 amide bonds. The normalized spacial score (nSPS) is 23.9. The van der Waals surface area contributed by atoms with Crippen LogP contribution in [0.2, 0.25) is 0 Å². The van der Waals surface area contributed by atoms with Crippen molar-refractivity contribution >= 4 is 15.7 Å². The molecule has 2 aromatic rings. The smallest absolute Gasteiger partial charge is 0.256 e. The Balaban J connectivity index is 1.92. The Morgan fingerprint density at radius 1 is 1.35 bits per heavy atom. The van der Waals surface area contributed by atoms with Crippen LogP contribution in [0.15, 0.2) is 24.8 Å². The molecule has 1 N–H and O–H groups in total. The molecule has 23 heavy (non-hydrogen) atoms. The summed E-state index contributed by atoms with van der Waals surface area (Å²) < 4.78 is 25.6. The Bertz CT molecular complexity index is 837. The predicted molar refractivity (Wildman–Crippen MR) is 86.7 cm³/mol. The van der Waals surface area contributed by atoms with Crippen molar-refractivity contribution in [1.29, 1.82) is 0 Å². The quantitative estimate of drug-likeness (QED) is 0.888. The molecule has 0 saturated carbocycles. The second kappa shape index (κ2) is 5.52. The third-order valence-corrected chi connectivity index (χ3v) is 6.89. The number of rotatable bonds is 2. The summed E-state index contributed by atoms with van der Waals surface area (Å²) in [5, 5.41) is 3.58. The van der Waals surface area contributed by atoms with Crippen LogP contribution in [-0.4, -0.2) is 57.6 Å². The molecule has 2 aromatic heterocycles. The molecule has 1 fully saturated rings. The lowest BCUT2D eigenvalue weighted by atomic mass is 10.1. The van der Waals surface area contributed by atoms with E-state index in [0.717, 1.165) is 11.1 Å². The molecule has 1 aliphatic heterocycles. The minimum Gasteiger partial charge on any atom is -0.366 e. The second-order valence-corrected chi connectivity index (χ2v) is 8.47. The van der Waals surface area contributed by atoms with Gasteiger partial charge in [0.2, 0.25) is 0 Å². The van der Waals surface area contributed by atoms with Crippen LogP contribution in [0.4, 0.5) is 0 Å². The summed E-state index contributed by atoms with van der Waals surface area (Å²) in [4.78, 5) is 17.5. The first-order chi connectivity index (χ1) is 10.8. The summed E-state index contributed by atoms with van der Waals surface area (Å²) in [6, 6.07) is -0.349. The number of sulfone groups is 1. The number of aromatic amines is 1. The van der Waals surface area contributed by atoms with Gasteiger partial charge >= 0.3 is 0 Å². The number of carbonyl (C=O) groups excluding carboxylic acids is 1. The Kier molecular flexibility index (Phi) is 3.79. The van der Waals surface area contributed by atoms with Gasteiger partial charge < -0.3 is 9.88 Å². The van der Waals surface area contributed by atoms with E-state index in [-0.39, 0.29) is 24.2 Å². The maximum atomic E-state index is 12.9. The van der Waals surface area contributed by atoms with Crippen LogP contribution in [-0.2, 0) is 16.9 Å². The van der Waals surface area contributed by atoms with Gasteiger partial charge in [-0.3, -0.25) is 9.48 Å². The fourth-order valence-corrected chi connectivity index (χ4v) is 4.52. The van der Waals surface area contributed by atoms with Crippen molar-refractivity contribution in [3.63, 3.8) is 0 Å². The van der Waals surface area contributed by atoms with Gasteiger partial charge in [0.05, 0.1) is 22.8 Å². The van der Waals surface area contributed by atoms with Gasteiger partial charge in [-0.25, -0.2) is 8.42 Å². The number of amides is 1. The van der Waals surface area contributed by atoms with Crippen molar-refractivity contribution in [2.24, 2.45) is 7.05 Å². The fourth-order valence-electron chi connectivity index (χ4n) is 2.95. The molecule has 124 valence electrons. The first-order valence-electron chi connectivity index (χ1n) is 7.49. The number of aromatic nitrogens is 3. The molecule has 3 heterocycles. The van der Waals surface area contributed by atoms with E-state index < -0.39 is 15.1 Å². The van der Waals surface area contributed by atoms with E-state index in [0.29, 0.717) is 5.56 Å². The number of nitrogens with zero attached hydrogens (tertiary/aromatic N) is 3. The summed E-state index contributed by atoms with van der Waals surface area (Å²) in [5.41, 5.74) is 2.16. The minimum absolute atomic E-state index is 0.0108. The molecular formula is C15H20N4O3S. The molecule has 7 nitrogen and oxygen atoms in total. The summed E-state index contributed by atoms with van der Waals surface area (Å²) in [6.07, 6.45) is 6.96. The van der Waals surface area contributed by atoms with E-state index in [4.69, 9.17) is 0 Å². The van der Waals surface area contributed by atoms with Crippen LogP contribution in [0.1, 0.15) is 24.2 Å². The van der Waals surface area contributed by atoms with Crippen molar-refractivity contribution in [3.8, 4) is 11.1 Å². The third kappa shape index (κ3) is 2.67. The first-order valence-corrected chi connectivity index (χ1v) is 9.21. The highest BCUT2D eigenvalue weighted by Gasteiger charge is 2.38. The van der Waals surface area contributed by atoms with Crippen molar-refractivity contribution in [2.45, 2.75) is 25.1 Å². The van der Waals surface area contributed by atoms with Crippen molar-refractivity contribution in [3.05, 3.63) is 30.4 Å². The number of aryl methyl sites for hydroxylation is 1. The van der Waals surface area contributed by atoms with Gasteiger partial charge in [-0.2, -0.15) is 5.10 Å². The van der Waals surface area contributed by atoms with Gasteiger partial charge in [0.25, 0.3) is 5.91 Å². The van der Waals surface area contributed by atoms with E-state index in [9.17, 15) is 13.2 Å².